The third-order valence-electron chi connectivity index (χ3n) is 6.70. The Labute approximate surface area is 199 Å². The van der Waals surface area contributed by atoms with Crippen LogP contribution in [0.3, 0.4) is 0 Å². The molecule has 1 N–H and O–H groups in total. The molecular formula is C26H29N3O5. The van der Waals surface area contributed by atoms with Crippen molar-refractivity contribution in [1.82, 2.24) is 5.32 Å². The molecule has 2 heterocycles. The van der Waals surface area contributed by atoms with Gasteiger partial charge in [-0.15, -0.1) is 0 Å². The topological polar surface area (TPSA) is 88.2 Å². The molecule has 178 valence electrons. The first-order chi connectivity index (χ1) is 16.1. The first-order valence-corrected chi connectivity index (χ1v) is 11.1. The minimum absolute atomic E-state index is 0.0316. The summed E-state index contributed by atoms with van der Waals surface area (Å²) < 4.78 is 10.5. The molecule has 0 bridgehead atoms. The normalized spacial score (nSPS) is 20.8. The number of benzene rings is 2. The number of rotatable bonds is 4. The summed E-state index contributed by atoms with van der Waals surface area (Å²) in [5.41, 5.74) is 3.12. The van der Waals surface area contributed by atoms with Gasteiger partial charge in [0.2, 0.25) is 0 Å². The van der Waals surface area contributed by atoms with Crippen LogP contribution in [0.1, 0.15) is 44.2 Å². The number of carbonyl (C=O) groups excluding carboxylic acids is 3. The van der Waals surface area contributed by atoms with E-state index in [0.29, 0.717) is 17.2 Å². The zero-order valence-corrected chi connectivity index (χ0v) is 20.3. The van der Waals surface area contributed by atoms with Crippen molar-refractivity contribution >= 4 is 35.3 Å². The number of nitrogens with one attached hydrogen (secondary N) is 1. The Balaban J connectivity index is 1.74. The van der Waals surface area contributed by atoms with Crippen LogP contribution in [-0.2, 0) is 9.59 Å². The third-order valence-corrected chi connectivity index (χ3v) is 6.70. The van der Waals surface area contributed by atoms with Crippen LogP contribution in [0.2, 0.25) is 0 Å². The summed E-state index contributed by atoms with van der Waals surface area (Å²) in [7, 11) is 5.01. The van der Waals surface area contributed by atoms with Crippen LogP contribution in [0, 0.1) is 0 Å². The van der Waals surface area contributed by atoms with E-state index < -0.39 is 17.8 Å². The molecule has 2 aliphatic rings. The molecule has 34 heavy (non-hydrogen) atoms. The lowest BCUT2D eigenvalue weighted by molar-refractivity contribution is -0.122. The number of hydrogen-bond donors (Lipinski definition) is 1. The van der Waals surface area contributed by atoms with Crippen LogP contribution in [0.15, 0.2) is 42.0 Å². The highest BCUT2D eigenvalue weighted by atomic mass is 16.5. The van der Waals surface area contributed by atoms with Gasteiger partial charge in [0.15, 0.2) is 0 Å². The number of amides is 4. The molecule has 1 saturated heterocycles. The fraction of sp³-hybridized carbons (Fsp3) is 0.346. The van der Waals surface area contributed by atoms with Crippen LogP contribution < -0.4 is 24.6 Å². The van der Waals surface area contributed by atoms with Gasteiger partial charge in [0.05, 0.1) is 19.9 Å². The molecular weight excluding hydrogens is 434 g/mol. The molecule has 0 aromatic heterocycles. The highest BCUT2D eigenvalue weighted by Gasteiger charge is 2.39. The highest BCUT2D eigenvalue weighted by molar-refractivity contribution is 6.39. The summed E-state index contributed by atoms with van der Waals surface area (Å²) >= 11 is 0. The summed E-state index contributed by atoms with van der Waals surface area (Å²) in [6.45, 7) is 6.61. The molecule has 0 saturated carbocycles. The number of barbiturate groups is 1. The molecule has 1 fully saturated rings. The predicted molar refractivity (Wildman–Crippen MR) is 131 cm³/mol. The van der Waals surface area contributed by atoms with Crippen LogP contribution >= 0.6 is 0 Å². The predicted octanol–water partition coefficient (Wildman–Crippen LogP) is 4.09. The van der Waals surface area contributed by atoms with Crippen molar-refractivity contribution in [1.29, 1.82) is 0 Å². The quantitative estimate of drug-likeness (QED) is 0.543. The number of ether oxygens (including phenoxy) is 2. The van der Waals surface area contributed by atoms with Gasteiger partial charge in [-0.3, -0.25) is 14.9 Å². The number of carbonyl (C=O) groups is 3. The van der Waals surface area contributed by atoms with Gasteiger partial charge < -0.3 is 14.4 Å². The van der Waals surface area contributed by atoms with Gasteiger partial charge >= 0.3 is 6.03 Å². The van der Waals surface area contributed by atoms with Gasteiger partial charge in [-0.1, -0.05) is 13.0 Å². The summed E-state index contributed by atoms with van der Waals surface area (Å²) in [6.07, 6.45) is 2.51. The van der Waals surface area contributed by atoms with Crippen molar-refractivity contribution in [2.24, 2.45) is 0 Å². The van der Waals surface area contributed by atoms with E-state index in [9.17, 15) is 14.4 Å². The molecule has 2 aliphatic heterocycles. The summed E-state index contributed by atoms with van der Waals surface area (Å²) in [5, 5.41) is 2.26. The van der Waals surface area contributed by atoms with Gasteiger partial charge in [-0.25, -0.2) is 9.69 Å². The Morgan fingerprint density at radius 2 is 1.74 bits per heavy atom. The van der Waals surface area contributed by atoms with E-state index in [1.54, 1.807) is 18.2 Å². The van der Waals surface area contributed by atoms with E-state index in [1.165, 1.54) is 20.3 Å². The van der Waals surface area contributed by atoms with E-state index in [1.807, 2.05) is 18.2 Å². The van der Waals surface area contributed by atoms with Crippen LogP contribution in [-0.4, -0.2) is 44.7 Å². The van der Waals surface area contributed by atoms with Gasteiger partial charge in [-0.2, -0.15) is 0 Å². The van der Waals surface area contributed by atoms with E-state index in [-0.39, 0.29) is 22.5 Å². The molecule has 8 heteroatoms. The van der Waals surface area contributed by atoms with E-state index in [4.69, 9.17) is 9.47 Å². The van der Waals surface area contributed by atoms with Gasteiger partial charge in [0.25, 0.3) is 11.8 Å². The monoisotopic (exact) mass is 463 g/mol. The van der Waals surface area contributed by atoms with Gasteiger partial charge in [0.1, 0.15) is 17.1 Å². The minimum Gasteiger partial charge on any atom is -0.497 e. The maximum Gasteiger partial charge on any atom is 0.336 e. The van der Waals surface area contributed by atoms with Crippen molar-refractivity contribution < 1.29 is 23.9 Å². The zero-order valence-electron chi connectivity index (χ0n) is 20.3. The molecule has 1 atom stereocenters. The maximum absolute atomic E-state index is 13.3. The third kappa shape index (κ3) is 3.89. The summed E-state index contributed by atoms with van der Waals surface area (Å²) in [4.78, 5) is 41.8. The molecule has 0 unspecified atom stereocenters. The number of urea groups is 1. The molecule has 2 aromatic carbocycles. The minimum atomic E-state index is -0.835. The molecule has 4 amide bonds. The second-order valence-corrected chi connectivity index (χ2v) is 9.29. The van der Waals surface area contributed by atoms with Crippen molar-refractivity contribution in [2.75, 3.05) is 31.1 Å². The number of anilines is 2. The number of nitrogens with zero attached hydrogens (tertiary/aromatic N) is 2. The fourth-order valence-electron chi connectivity index (χ4n) is 4.70. The SMILES string of the molecule is COc1ccc(N2C(=O)NC(=O)/C(=C\c3ccc4c(c3)[C@@H](C)CC(C)(C)N4C)C2=O)c(OC)c1. The first-order valence-electron chi connectivity index (χ1n) is 11.1. The average molecular weight is 464 g/mol. The number of hydrogen-bond acceptors (Lipinski definition) is 6. The standard InChI is InChI=1S/C26H29N3O5/c1-15-14-26(2,3)28(4)20-9-7-16(11-18(15)20)12-19-23(30)27-25(32)29(24(19)31)21-10-8-17(33-5)13-22(21)34-6/h7-13,15H,14H2,1-6H3,(H,27,30,32)/b19-12+/t15-/m0/s1. The molecule has 2 aromatic rings. The van der Waals surface area contributed by atoms with Gasteiger partial charge in [-0.05, 0) is 67.7 Å². The van der Waals surface area contributed by atoms with Crippen LogP contribution in [0.4, 0.5) is 16.2 Å². The highest BCUT2D eigenvalue weighted by Crippen LogP contribution is 2.43. The summed E-state index contributed by atoms with van der Waals surface area (Å²) in [6, 6.07) is 9.79. The van der Waals surface area contributed by atoms with Crippen molar-refractivity contribution in [3.05, 3.63) is 53.1 Å². The Hall–Kier alpha value is -3.81. The summed E-state index contributed by atoms with van der Waals surface area (Å²) in [5.74, 6) is -0.362. The van der Waals surface area contributed by atoms with Crippen molar-refractivity contribution in [2.45, 2.75) is 38.6 Å². The molecule has 4 rings (SSSR count). The Morgan fingerprint density at radius 1 is 1.03 bits per heavy atom. The lowest BCUT2D eigenvalue weighted by Crippen LogP contribution is -2.54. The lowest BCUT2D eigenvalue weighted by Gasteiger charge is -2.45. The first kappa shape index (κ1) is 23.4. The molecule has 0 radical (unpaired) electrons. The Bertz CT molecular complexity index is 1220. The van der Waals surface area contributed by atoms with Crippen LogP contribution in [0.25, 0.3) is 6.08 Å². The smallest absolute Gasteiger partial charge is 0.336 e. The second-order valence-electron chi connectivity index (χ2n) is 9.29. The molecule has 0 spiro atoms. The number of methoxy groups -OCH3 is 2. The molecule has 8 nitrogen and oxygen atoms in total. The zero-order chi connectivity index (χ0) is 24.8. The average Bonchev–Trinajstić information content (AvgIpc) is 2.80. The number of imide groups is 2. The Morgan fingerprint density at radius 3 is 2.41 bits per heavy atom. The Kier molecular flexibility index (Phi) is 5.85. The van der Waals surface area contributed by atoms with E-state index in [2.05, 4.69) is 38.0 Å². The fourth-order valence-corrected chi connectivity index (χ4v) is 4.70. The van der Waals surface area contributed by atoms with Crippen molar-refractivity contribution in [3.8, 4) is 11.5 Å². The van der Waals surface area contributed by atoms with Gasteiger partial charge in [0, 0.05) is 24.3 Å². The lowest BCUT2D eigenvalue weighted by atomic mass is 9.80. The van der Waals surface area contributed by atoms with Crippen LogP contribution in [0.5, 0.6) is 11.5 Å². The van der Waals surface area contributed by atoms with Crippen molar-refractivity contribution in [3.63, 3.8) is 0 Å². The molecule has 0 aliphatic carbocycles. The van der Waals surface area contributed by atoms with E-state index >= 15 is 0 Å². The second kappa shape index (κ2) is 8.52. The maximum atomic E-state index is 13.3. The largest absolute Gasteiger partial charge is 0.497 e. The van der Waals surface area contributed by atoms with E-state index in [0.717, 1.165) is 22.6 Å². The number of fused-ring (bicyclic) bond motifs is 1.